The molecule has 1 aliphatic carbocycles. The number of nitrogens with zero attached hydrogens (tertiary/aromatic N) is 3. The number of fused-ring (bicyclic) bond motifs is 1. The lowest BCUT2D eigenvalue weighted by atomic mass is 10.0. The van der Waals surface area contributed by atoms with Gasteiger partial charge in [0.1, 0.15) is 0 Å². The van der Waals surface area contributed by atoms with Crippen LogP contribution in [0.15, 0.2) is 0 Å². The molecule has 0 radical (unpaired) electrons. The summed E-state index contributed by atoms with van der Waals surface area (Å²) in [5.74, 6) is 0.983. The van der Waals surface area contributed by atoms with Gasteiger partial charge in [-0.15, -0.1) is 0 Å². The number of aromatic amines is 1. The molecule has 104 valence electrons. The molecule has 1 saturated carbocycles. The van der Waals surface area contributed by atoms with E-state index in [1.54, 1.807) is 0 Å². The van der Waals surface area contributed by atoms with Crippen molar-refractivity contribution < 1.29 is 4.79 Å². The van der Waals surface area contributed by atoms with Gasteiger partial charge in [-0.1, -0.05) is 0 Å². The SMILES string of the molecule is CN(C)Cc1n[nH]c2c1CCN(C(=O)CC1CC1)C2. The quantitative estimate of drug-likeness (QED) is 0.886. The molecular formula is C14H22N4O. The van der Waals surface area contributed by atoms with E-state index in [9.17, 15) is 4.79 Å². The Morgan fingerprint density at radius 2 is 2.26 bits per heavy atom. The van der Waals surface area contributed by atoms with Crippen LogP contribution < -0.4 is 0 Å². The minimum absolute atomic E-state index is 0.317. The van der Waals surface area contributed by atoms with Crippen LogP contribution in [0.3, 0.4) is 0 Å². The Labute approximate surface area is 114 Å². The molecular weight excluding hydrogens is 240 g/mol. The molecule has 0 aromatic carbocycles. The topological polar surface area (TPSA) is 52.2 Å². The van der Waals surface area contributed by atoms with Gasteiger partial charge in [0.05, 0.1) is 17.9 Å². The van der Waals surface area contributed by atoms with Crippen LogP contribution in [-0.4, -0.2) is 46.5 Å². The number of H-pyrrole nitrogens is 1. The minimum atomic E-state index is 0.317. The number of carbonyl (C=O) groups excluding carboxylic acids is 1. The van der Waals surface area contributed by atoms with Crippen molar-refractivity contribution in [2.24, 2.45) is 5.92 Å². The fourth-order valence-electron chi connectivity index (χ4n) is 2.73. The third kappa shape index (κ3) is 2.81. The Kier molecular flexibility index (Phi) is 3.31. The molecule has 1 fully saturated rings. The first-order valence-electron chi connectivity index (χ1n) is 7.11. The Bertz CT molecular complexity index is 476. The maximum Gasteiger partial charge on any atom is 0.223 e. The van der Waals surface area contributed by atoms with Crippen LogP contribution in [0.1, 0.15) is 36.2 Å². The number of carbonyl (C=O) groups is 1. The highest BCUT2D eigenvalue weighted by Gasteiger charge is 2.29. The first-order chi connectivity index (χ1) is 9.13. The van der Waals surface area contributed by atoms with Gasteiger partial charge in [0.15, 0.2) is 0 Å². The summed E-state index contributed by atoms with van der Waals surface area (Å²) in [6, 6.07) is 0. The monoisotopic (exact) mass is 262 g/mol. The molecule has 1 amide bonds. The maximum absolute atomic E-state index is 12.1. The van der Waals surface area contributed by atoms with Crippen LogP contribution in [0.2, 0.25) is 0 Å². The number of hydrogen-bond donors (Lipinski definition) is 1. The van der Waals surface area contributed by atoms with E-state index in [2.05, 4.69) is 29.2 Å². The number of rotatable bonds is 4. The van der Waals surface area contributed by atoms with E-state index in [0.717, 1.165) is 37.3 Å². The zero-order valence-corrected chi connectivity index (χ0v) is 11.8. The molecule has 1 aliphatic heterocycles. The second kappa shape index (κ2) is 4.96. The van der Waals surface area contributed by atoms with Crippen molar-refractivity contribution in [2.75, 3.05) is 20.6 Å². The average Bonchev–Trinajstić information content (AvgIpc) is 3.10. The second-order valence-corrected chi connectivity index (χ2v) is 6.08. The molecule has 19 heavy (non-hydrogen) atoms. The van der Waals surface area contributed by atoms with Crippen molar-refractivity contribution in [3.05, 3.63) is 17.0 Å². The summed E-state index contributed by atoms with van der Waals surface area (Å²) in [5.41, 5.74) is 3.59. The highest BCUT2D eigenvalue weighted by Crippen LogP contribution is 2.33. The van der Waals surface area contributed by atoms with Crippen molar-refractivity contribution in [1.29, 1.82) is 0 Å². The molecule has 1 aromatic heterocycles. The highest BCUT2D eigenvalue weighted by molar-refractivity contribution is 5.77. The Hall–Kier alpha value is -1.36. The molecule has 0 saturated heterocycles. The van der Waals surface area contributed by atoms with Gasteiger partial charge in [0, 0.05) is 25.1 Å². The van der Waals surface area contributed by atoms with Gasteiger partial charge in [0.25, 0.3) is 0 Å². The van der Waals surface area contributed by atoms with Crippen LogP contribution in [0.25, 0.3) is 0 Å². The van der Waals surface area contributed by atoms with Crippen molar-refractivity contribution in [3.8, 4) is 0 Å². The van der Waals surface area contributed by atoms with Crippen molar-refractivity contribution >= 4 is 5.91 Å². The molecule has 5 nitrogen and oxygen atoms in total. The van der Waals surface area contributed by atoms with Crippen LogP contribution in [-0.2, 0) is 24.3 Å². The van der Waals surface area contributed by atoms with E-state index in [-0.39, 0.29) is 0 Å². The maximum atomic E-state index is 12.1. The lowest BCUT2D eigenvalue weighted by Gasteiger charge is -2.27. The van der Waals surface area contributed by atoms with Crippen LogP contribution >= 0.6 is 0 Å². The van der Waals surface area contributed by atoms with E-state index in [0.29, 0.717) is 18.4 Å². The van der Waals surface area contributed by atoms with Crippen molar-refractivity contribution in [1.82, 2.24) is 20.0 Å². The molecule has 2 heterocycles. The summed E-state index contributed by atoms with van der Waals surface area (Å²) < 4.78 is 0. The molecule has 0 bridgehead atoms. The van der Waals surface area contributed by atoms with E-state index < -0.39 is 0 Å². The Morgan fingerprint density at radius 1 is 1.47 bits per heavy atom. The Morgan fingerprint density at radius 3 is 2.95 bits per heavy atom. The third-order valence-electron chi connectivity index (χ3n) is 4.00. The molecule has 5 heteroatoms. The van der Waals surface area contributed by atoms with Crippen molar-refractivity contribution in [2.45, 2.75) is 38.8 Å². The van der Waals surface area contributed by atoms with E-state index in [4.69, 9.17) is 0 Å². The van der Waals surface area contributed by atoms with Gasteiger partial charge in [-0.2, -0.15) is 5.10 Å². The molecule has 3 rings (SSSR count). The fourth-order valence-corrected chi connectivity index (χ4v) is 2.73. The summed E-state index contributed by atoms with van der Waals surface area (Å²) in [7, 11) is 4.10. The second-order valence-electron chi connectivity index (χ2n) is 6.08. The van der Waals surface area contributed by atoms with Crippen molar-refractivity contribution in [3.63, 3.8) is 0 Å². The largest absolute Gasteiger partial charge is 0.336 e. The highest BCUT2D eigenvalue weighted by atomic mass is 16.2. The number of nitrogens with one attached hydrogen (secondary N) is 1. The fraction of sp³-hybridized carbons (Fsp3) is 0.714. The normalized spacial score (nSPS) is 18.8. The predicted molar refractivity (Wildman–Crippen MR) is 72.4 cm³/mol. The zero-order valence-electron chi connectivity index (χ0n) is 11.8. The lowest BCUT2D eigenvalue weighted by Crippen LogP contribution is -2.36. The molecule has 1 aromatic rings. The Balaban J connectivity index is 1.66. The summed E-state index contributed by atoms with van der Waals surface area (Å²) in [4.78, 5) is 16.2. The summed E-state index contributed by atoms with van der Waals surface area (Å²) >= 11 is 0. The third-order valence-corrected chi connectivity index (χ3v) is 4.00. The molecule has 1 N–H and O–H groups in total. The predicted octanol–water partition coefficient (Wildman–Crippen LogP) is 1.16. The van der Waals surface area contributed by atoms with Crippen LogP contribution in [0, 0.1) is 5.92 Å². The zero-order chi connectivity index (χ0) is 13.4. The van der Waals surface area contributed by atoms with Crippen LogP contribution in [0.4, 0.5) is 0 Å². The first-order valence-corrected chi connectivity index (χ1v) is 7.11. The summed E-state index contributed by atoms with van der Waals surface area (Å²) in [5, 5.41) is 7.52. The van der Waals surface area contributed by atoms with Gasteiger partial charge in [-0.05, 0) is 39.3 Å². The minimum Gasteiger partial charge on any atom is -0.336 e. The summed E-state index contributed by atoms with van der Waals surface area (Å²) in [6.45, 7) is 2.42. The van der Waals surface area contributed by atoms with Gasteiger partial charge < -0.3 is 9.80 Å². The molecule has 0 atom stereocenters. The molecule has 0 unspecified atom stereocenters. The van der Waals surface area contributed by atoms with E-state index in [1.165, 1.54) is 18.4 Å². The summed E-state index contributed by atoms with van der Waals surface area (Å²) in [6.07, 6.45) is 4.16. The first kappa shape index (κ1) is 12.7. The molecule has 0 spiro atoms. The van der Waals surface area contributed by atoms with Gasteiger partial charge in [-0.25, -0.2) is 0 Å². The van der Waals surface area contributed by atoms with Gasteiger partial charge in [-0.3, -0.25) is 9.89 Å². The van der Waals surface area contributed by atoms with Gasteiger partial charge >= 0.3 is 0 Å². The number of amides is 1. The van der Waals surface area contributed by atoms with E-state index >= 15 is 0 Å². The average molecular weight is 262 g/mol. The lowest BCUT2D eigenvalue weighted by molar-refractivity contribution is -0.132. The van der Waals surface area contributed by atoms with Gasteiger partial charge in [0.2, 0.25) is 5.91 Å². The number of aromatic nitrogens is 2. The van der Waals surface area contributed by atoms with E-state index in [1.807, 2.05) is 4.90 Å². The smallest absolute Gasteiger partial charge is 0.223 e. The standard InChI is InChI=1S/C14H22N4O/c1-17(2)8-12-11-5-6-18(9-13(11)16-15-12)14(19)7-10-3-4-10/h10H,3-9H2,1-2H3,(H,15,16). The number of hydrogen-bond acceptors (Lipinski definition) is 3. The van der Waals surface area contributed by atoms with Crippen LogP contribution in [0.5, 0.6) is 0 Å². The molecule has 2 aliphatic rings.